The maximum atomic E-state index is 11.0. The number of rotatable bonds is 2. The molecule has 0 N–H and O–H groups in total. The summed E-state index contributed by atoms with van der Waals surface area (Å²) in [6.45, 7) is 8.58. The second kappa shape index (κ2) is 8.56. The van der Waals surface area contributed by atoms with Crippen LogP contribution < -0.4 is 0 Å². The van der Waals surface area contributed by atoms with Gasteiger partial charge in [-0.25, -0.2) is 0 Å². The molecular formula is C13H22N2O2. The van der Waals surface area contributed by atoms with Crippen molar-refractivity contribution in [2.24, 2.45) is 0 Å². The quantitative estimate of drug-likeness (QED) is 0.683. The zero-order chi connectivity index (χ0) is 13.3. The first-order valence-corrected chi connectivity index (χ1v) is 5.78. The molecule has 0 saturated carbocycles. The van der Waals surface area contributed by atoms with Gasteiger partial charge in [0.2, 0.25) is 11.8 Å². The second-order valence-corrected chi connectivity index (χ2v) is 4.03. The van der Waals surface area contributed by atoms with Crippen molar-refractivity contribution in [3.8, 4) is 0 Å². The maximum absolute atomic E-state index is 11.0. The molecular weight excluding hydrogens is 216 g/mol. The maximum Gasteiger partial charge on any atom is 0.245 e. The van der Waals surface area contributed by atoms with Crippen molar-refractivity contribution < 1.29 is 9.59 Å². The van der Waals surface area contributed by atoms with E-state index in [2.05, 4.69) is 13.2 Å². The molecule has 0 aromatic heterocycles. The van der Waals surface area contributed by atoms with Crippen molar-refractivity contribution in [3.63, 3.8) is 0 Å². The van der Waals surface area contributed by atoms with Crippen molar-refractivity contribution in [1.82, 2.24) is 9.80 Å². The molecule has 0 aromatic rings. The van der Waals surface area contributed by atoms with Crippen molar-refractivity contribution in [2.75, 3.05) is 27.2 Å². The zero-order valence-corrected chi connectivity index (χ0v) is 10.8. The molecule has 0 atom stereocenters. The third-order valence-electron chi connectivity index (χ3n) is 2.46. The molecule has 96 valence electrons. The van der Waals surface area contributed by atoms with Crippen LogP contribution in [0.15, 0.2) is 25.3 Å². The highest BCUT2D eigenvalue weighted by molar-refractivity contribution is 5.87. The largest absolute Gasteiger partial charge is 0.345 e. The van der Waals surface area contributed by atoms with E-state index in [4.69, 9.17) is 0 Å². The topological polar surface area (TPSA) is 40.6 Å². The fourth-order valence-corrected chi connectivity index (χ4v) is 1.43. The van der Waals surface area contributed by atoms with Crippen LogP contribution in [0.3, 0.4) is 0 Å². The van der Waals surface area contributed by atoms with E-state index in [1.165, 1.54) is 23.5 Å². The van der Waals surface area contributed by atoms with Crippen LogP contribution in [-0.2, 0) is 9.59 Å². The van der Waals surface area contributed by atoms with E-state index < -0.39 is 0 Å². The predicted octanol–water partition coefficient (Wildman–Crippen LogP) is 1.45. The fraction of sp³-hybridized carbons (Fsp3) is 0.538. The number of hydrogen-bond acceptors (Lipinski definition) is 2. The van der Waals surface area contributed by atoms with Gasteiger partial charge in [-0.05, 0) is 31.4 Å². The minimum absolute atomic E-state index is 0.0556. The zero-order valence-electron chi connectivity index (χ0n) is 10.8. The molecule has 1 aliphatic rings. The summed E-state index contributed by atoms with van der Waals surface area (Å²) in [4.78, 5) is 24.6. The molecule has 17 heavy (non-hydrogen) atoms. The molecule has 0 aromatic carbocycles. The Bertz CT molecular complexity index is 279. The standard InChI is InChI=1S/C8H13NO.C5H9NO/c1-2-8(10)9-6-4-3-5-7-9;1-4-5(7)6(2)3/h2H,1,3-7H2;4H,1H2,2-3H3. The molecule has 0 unspecified atom stereocenters. The Kier molecular flexibility index (Phi) is 7.76. The monoisotopic (exact) mass is 238 g/mol. The Balaban J connectivity index is 0.000000325. The minimum atomic E-state index is -0.0556. The lowest BCUT2D eigenvalue weighted by Gasteiger charge is -2.25. The van der Waals surface area contributed by atoms with Gasteiger partial charge in [0, 0.05) is 27.2 Å². The van der Waals surface area contributed by atoms with Crippen LogP contribution in [0.4, 0.5) is 0 Å². The van der Waals surface area contributed by atoms with Gasteiger partial charge in [0.15, 0.2) is 0 Å². The van der Waals surface area contributed by atoms with E-state index in [0.29, 0.717) is 0 Å². The van der Waals surface area contributed by atoms with Crippen molar-refractivity contribution in [2.45, 2.75) is 19.3 Å². The minimum Gasteiger partial charge on any atom is -0.345 e. The van der Waals surface area contributed by atoms with E-state index in [0.717, 1.165) is 25.9 Å². The summed E-state index contributed by atoms with van der Waals surface area (Å²) in [5, 5.41) is 0. The Hall–Kier alpha value is -1.58. The van der Waals surface area contributed by atoms with Gasteiger partial charge in [0.1, 0.15) is 0 Å². The number of likely N-dealkylation sites (N-methyl/N-ethyl adjacent to an activating group) is 1. The lowest BCUT2D eigenvalue weighted by atomic mass is 10.1. The number of nitrogens with zero attached hydrogens (tertiary/aromatic N) is 2. The molecule has 1 heterocycles. The van der Waals surface area contributed by atoms with Gasteiger partial charge < -0.3 is 9.80 Å². The van der Waals surface area contributed by atoms with Gasteiger partial charge in [-0.3, -0.25) is 9.59 Å². The van der Waals surface area contributed by atoms with Crippen LogP contribution in [0.2, 0.25) is 0 Å². The van der Waals surface area contributed by atoms with Gasteiger partial charge in [-0.15, -0.1) is 0 Å². The molecule has 1 rings (SSSR count). The van der Waals surface area contributed by atoms with Gasteiger partial charge in [-0.1, -0.05) is 13.2 Å². The van der Waals surface area contributed by atoms with Crippen LogP contribution in [0.25, 0.3) is 0 Å². The van der Waals surface area contributed by atoms with E-state index in [9.17, 15) is 9.59 Å². The van der Waals surface area contributed by atoms with Gasteiger partial charge in [0.05, 0.1) is 0 Å². The SMILES string of the molecule is C=CC(=O)N(C)C.C=CC(=O)N1CCCCC1. The van der Waals surface area contributed by atoms with Crippen LogP contribution in [-0.4, -0.2) is 48.8 Å². The number of carbonyl (C=O) groups is 2. The number of carbonyl (C=O) groups excluding carboxylic acids is 2. The number of hydrogen-bond donors (Lipinski definition) is 0. The lowest BCUT2D eigenvalue weighted by Crippen LogP contribution is -2.34. The van der Waals surface area contributed by atoms with Crippen LogP contribution in [0.1, 0.15) is 19.3 Å². The van der Waals surface area contributed by atoms with Crippen molar-refractivity contribution in [1.29, 1.82) is 0 Å². The molecule has 1 fully saturated rings. The smallest absolute Gasteiger partial charge is 0.245 e. The summed E-state index contributed by atoms with van der Waals surface area (Å²) in [6.07, 6.45) is 6.24. The first kappa shape index (κ1) is 15.4. The molecule has 0 spiro atoms. The summed E-state index contributed by atoms with van der Waals surface area (Å²) >= 11 is 0. The number of amides is 2. The Morgan fingerprint density at radius 3 is 1.88 bits per heavy atom. The Morgan fingerprint density at radius 2 is 1.59 bits per heavy atom. The third-order valence-corrected chi connectivity index (χ3v) is 2.46. The van der Waals surface area contributed by atoms with Gasteiger partial charge >= 0.3 is 0 Å². The van der Waals surface area contributed by atoms with Gasteiger partial charge in [0.25, 0.3) is 0 Å². The Labute approximate surface area is 104 Å². The van der Waals surface area contributed by atoms with Crippen LogP contribution in [0, 0.1) is 0 Å². The van der Waals surface area contributed by atoms with E-state index in [1.54, 1.807) is 14.1 Å². The average molecular weight is 238 g/mol. The molecule has 1 aliphatic heterocycles. The molecule has 2 amide bonds. The highest BCUT2D eigenvalue weighted by atomic mass is 16.2. The second-order valence-electron chi connectivity index (χ2n) is 4.03. The Morgan fingerprint density at radius 1 is 1.06 bits per heavy atom. The summed E-state index contributed by atoms with van der Waals surface area (Å²) < 4.78 is 0. The summed E-state index contributed by atoms with van der Waals surface area (Å²) in [5.74, 6) is 0.0275. The molecule has 0 bridgehead atoms. The lowest BCUT2D eigenvalue weighted by molar-refractivity contribution is -0.127. The molecule has 1 saturated heterocycles. The van der Waals surface area contributed by atoms with E-state index in [1.807, 2.05) is 4.90 Å². The highest BCUT2D eigenvalue weighted by Gasteiger charge is 2.12. The van der Waals surface area contributed by atoms with E-state index >= 15 is 0 Å². The molecule has 4 heteroatoms. The first-order chi connectivity index (χ1) is 8.02. The first-order valence-electron chi connectivity index (χ1n) is 5.78. The normalized spacial score (nSPS) is 14.1. The molecule has 0 aliphatic carbocycles. The summed E-state index contributed by atoms with van der Waals surface area (Å²) in [5.41, 5.74) is 0. The van der Waals surface area contributed by atoms with Crippen LogP contribution in [0.5, 0.6) is 0 Å². The van der Waals surface area contributed by atoms with E-state index in [-0.39, 0.29) is 11.8 Å². The highest BCUT2D eigenvalue weighted by Crippen LogP contribution is 2.08. The molecule has 4 nitrogen and oxygen atoms in total. The van der Waals surface area contributed by atoms with Gasteiger partial charge in [-0.2, -0.15) is 0 Å². The van der Waals surface area contributed by atoms with Crippen LogP contribution >= 0.6 is 0 Å². The fourth-order valence-electron chi connectivity index (χ4n) is 1.43. The third kappa shape index (κ3) is 6.56. The summed E-state index contributed by atoms with van der Waals surface area (Å²) in [7, 11) is 3.37. The number of likely N-dealkylation sites (tertiary alicyclic amines) is 1. The summed E-state index contributed by atoms with van der Waals surface area (Å²) in [6, 6.07) is 0. The van der Waals surface area contributed by atoms with Crippen molar-refractivity contribution >= 4 is 11.8 Å². The number of piperidine rings is 1. The van der Waals surface area contributed by atoms with Crippen molar-refractivity contribution in [3.05, 3.63) is 25.3 Å². The average Bonchev–Trinajstić information content (AvgIpc) is 2.38. The predicted molar refractivity (Wildman–Crippen MR) is 69.5 cm³/mol. The molecule has 0 radical (unpaired) electrons.